The Morgan fingerprint density at radius 2 is 1.82 bits per heavy atom. The standard InChI is InChI=1S/C15H16Cl3NO3/c1-8(16)14-10-7-12(22-3)11(21-2)6-9(10)4-5-19(14)13(20)15(14,17)18/h6-8H,4-5H2,1-3H3. The van der Waals surface area contributed by atoms with Crippen molar-refractivity contribution < 1.29 is 14.3 Å². The van der Waals surface area contributed by atoms with E-state index in [0.717, 1.165) is 11.1 Å². The molecule has 22 heavy (non-hydrogen) atoms. The highest BCUT2D eigenvalue weighted by Gasteiger charge is 2.74. The number of hydrogen-bond acceptors (Lipinski definition) is 3. The number of amides is 1. The number of hydrogen-bond donors (Lipinski definition) is 0. The number of carbonyl (C=O) groups excluding carboxylic acids is 1. The van der Waals surface area contributed by atoms with Crippen LogP contribution in [0.1, 0.15) is 18.1 Å². The number of β-lactam (4-membered cyclic amide) rings is 1. The van der Waals surface area contributed by atoms with Gasteiger partial charge in [0.25, 0.3) is 5.91 Å². The first-order chi connectivity index (χ1) is 10.3. The van der Waals surface area contributed by atoms with Gasteiger partial charge in [-0.25, -0.2) is 0 Å². The van der Waals surface area contributed by atoms with Crippen LogP contribution in [0.3, 0.4) is 0 Å². The summed E-state index contributed by atoms with van der Waals surface area (Å²) in [6, 6.07) is 3.73. The van der Waals surface area contributed by atoms with Crippen LogP contribution >= 0.6 is 34.8 Å². The average Bonchev–Trinajstić information content (AvgIpc) is 2.50. The van der Waals surface area contributed by atoms with Crippen molar-refractivity contribution in [1.29, 1.82) is 0 Å². The fourth-order valence-electron chi connectivity index (χ4n) is 3.60. The Bertz CT molecular complexity index is 647. The van der Waals surface area contributed by atoms with Crippen molar-refractivity contribution in [3.8, 4) is 11.5 Å². The van der Waals surface area contributed by atoms with Crippen LogP contribution in [-0.4, -0.2) is 41.3 Å². The van der Waals surface area contributed by atoms with Gasteiger partial charge in [-0.3, -0.25) is 4.79 Å². The second kappa shape index (κ2) is 5.08. The van der Waals surface area contributed by atoms with Gasteiger partial charge in [0, 0.05) is 6.54 Å². The topological polar surface area (TPSA) is 38.8 Å². The largest absolute Gasteiger partial charge is 0.493 e. The lowest BCUT2D eigenvalue weighted by molar-refractivity contribution is -0.162. The maximum Gasteiger partial charge on any atom is 0.262 e. The van der Waals surface area contributed by atoms with E-state index in [-0.39, 0.29) is 5.91 Å². The van der Waals surface area contributed by atoms with E-state index in [0.29, 0.717) is 24.5 Å². The smallest absolute Gasteiger partial charge is 0.262 e. The molecular formula is C15H16Cl3NO3. The molecule has 0 N–H and O–H groups in total. The first-order valence-corrected chi connectivity index (χ1v) is 8.11. The minimum absolute atomic E-state index is 0.302. The molecule has 0 spiro atoms. The van der Waals surface area contributed by atoms with Crippen molar-refractivity contribution in [2.24, 2.45) is 0 Å². The van der Waals surface area contributed by atoms with Crippen LogP contribution in [0.5, 0.6) is 11.5 Å². The SMILES string of the molecule is COc1cc2c(cc1OC)C1(C(C)Cl)N(CC2)C(=O)C1(Cl)Cl. The fraction of sp³-hybridized carbons (Fsp3) is 0.533. The molecular weight excluding hydrogens is 349 g/mol. The van der Waals surface area contributed by atoms with Crippen molar-refractivity contribution >= 4 is 40.7 Å². The summed E-state index contributed by atoms with van der Waals surface area (Å²) >= 11 is 19.2. The zero-order valence-electron chi connectivity index (χ0n) is 12.5. The summed E-state index contributed by atoms with van der Waals surface area (Å²) < 4.78 is 9.14. The maximum absolute atomic E-state index is 12.3. The van der Waals surface area contributed by atoms with Gasteiger partial charge in [-0.15, -0.1) is 11.6 Å². The van der Waals surface area contributed by atoms with Crippen molar-refractivity contribution in [2.45, 2.75) is 28.6 Å². The first-order valence-electron chi connectivity index (χ1n) is 6.91. The van der Waals surface area contributed by atoms with E-state index in [1.165, 1.54) is 0 Å². The number of alkyl halides is 3. The Morgan fingerprint density at radius 1 is 1.23 bits per heavy atom. The number of benzene rings is 1. The third kappa shape index (κ3) is 1.69. The van der Waals surface area contributed by atoms with Gasteiger partial charge < -0.3 is 14.4 Å². The van der Waals surface area contributed by atoms with Gasteiger partial charge >= 0.3 is 0 Å². The summed E-state index contributed by atoms with van der Waals surface area (Å²) in [6.45, 7) is 2.33. The highest BCUT2D eigenvalue weighted by Crippen LogP contribution is 2.61. The Balaban J connectivity index is 2.27. The van der Waals surface area contributed by atoms with Crippen LogP contribution in [0, 0.1) is 0 Å². The molecule has 0 bridgehead atoms. The van der Waals surface area contributed by atoms with Crippen LogP contribution < -0.4 is 9.47 Å². The lowest BCUT2D eigenvalue weighted by Crippen LogP contribution is -2.79. The molecule has 2 aliphatic heterocycles. The third-order valence-corrected chi connectivity index (χ3v) is 5.83. The lowest BCUT2D eigenvalue weighted by atomic mass is 9.69. The molecule has 1 amide bonds. The van der Waals surface area contributed by atoms with Crippen molar-refractivity contribution in [2.75, 3.05) is 20.8 Å². The Labute approximate surface area is 144 Å². The summed E-state index contributed by atoms with van der Waals surface area (Å²) in [7, 11) is 3.14. The molecule has 1 aromatic carbocycles. The molecule has 3 rings (SSSR count). The van der Waals surface area contributed by atoms with Crippen LogP contribution in [-0.2, 0) is 16.8 Å². The zero-order valence-corrected chi connectivity index (χ0v) is 14.7. The summed E-state index contributed by atoms with van der Waals surface area (Å²) in [6.07, 6.45) is 0.691. The number of methoxy groups -OCH3 is 2. The molecule has 1 fully saturated rings. The Kier molecular flexibility index (Phi) is 3.70. The number of ether oxygens (including phenoxy) is 2. The molecule has 2 atom stereocenters. The highest BCUT2D eigenvalue weighted by molar-refractivity contribution is 6.61. The summed E-state index contributed by atoms with van der Waals surface area (Å²) in [5.74, 6) is 0.888. The Morgan fingerprint density at radius 3 is 2.36 bits per heavy atom. The van der Waals surface area contributed by atoms with Crippen LogP contribution in [0.25, 0.3) is 0 Å². The normalized spacial score (nSPS) is 26.6. The average molecular weight is 365 g/mol. The number of carbonyl (C=O) groups is 1. The zero-order chi connectivity index (χ0) is 16.3. The van der Waals surface area contributed by atoms with E-state index < -0.39 is 15.2 Å². The van der Waals surface area contributed by atoms with Gasteiger partial charge in [-0.1, -0.05) is 23.2 Å². The number of fused-ring (bicyclic) bond motifs is 3. The molecule has 0 saturated carbocycles. The predicted molar refractivity (Wildman–Crippen MR) is 86.4 cm³/mol. The number of nitrogens with zero attached hydrogens (tertiary/aromatic N) is 1. The van der Waals surface area contributed by atoms with Crippen molar-refractivity contribution in [3.63, 3.8) is 0 Å². The highest BCUT2D eigenvalue weighted by atomic mass is 35.5. The molecule has 0 aliphatic carbocycles. The van der Waals surface area contributed by atoms with E-state index in [2.05, 4.69) is 0 Å². The number of halogens is 3. The lowest BCUT2D eigenvalue weighted by Gasteiger charge is -2.63. The second-order valence-electron chi connectivity index (χ2n) is 5.53. The van der Waals surface area contributed by atoms with Crippen LogP contribution in [0.15, 0.2) is 12.1 Å². The molecule has 0 aromatic heterocycles. The molecule has 1 aromatic rings. The molecule has 7 heteroatoms. The third-order valence-electron chi connectivity index (χ3n) is 4.62. The monoisotopic (exact) mass is 363 g/mol. The van der Waals surface area contributed by atoms with E-state index in [4.69, 9.17) is 44.3 Å². The van der Waals surface area contributed by atoms with Crippen molar-refractivity contribution in [3.05, 3.63) is 23.3 Å². The quantitative estimate of drug-likeness (QED) is 0.611. The van der Waals surface area contributed by atoms with E-state index in [1.807, 2.05) is 12.1 Å². The molecule has 0 radical (unpaired) electrons. The minimum Gasteiger partial charge on any atom is -0.493 e. The maximum atomic E-state index is 12.3. The predicted octanol–water partition coefficient (Wildman–Crippen LogP) is 3.10. The molecule has 1 saturated heterocycles. The summed E-state index contributed by atoms with van der Waals surface area (Å²) in [5, 5.41) is -0.461. The molecule has 2 aliphatic rings. The van der Waals surface area contributed by atoms with Gasteiger partial charge in [0.15, 0.2) is 11.5 Å². The number of rotatable bonds is 3. The van der Waals surface area contributed by atoms with Gasteiger partial charge in [-0.05, 0) is 36.6 Å². The van der Waals surface area contributed by atoms with Gasteiger partial charge in [0.05, 0.1) is 19.6 Å². The van der Waals surface area contributed by atoms with E-state index in [1.54, 1.807) is 26.0 Å². The summed E-state index contributed by atoms with van der Waals surface area (Å²) in [4.78, 5) is 13.9. The van der Waals surface area contributed by atoms with Gasteiger partial charge in [0.1, 0.15) is 5.54 Å². The Hall–Kier alpha value is -0.840. The van der Waals surface area contributed by atoms with Crippen LogP contribution in [0.2, 0.25) is 0 Å². The minimum atomic E-state index is -1.58. The van der Waals surface area contributed by atoms with Gasteiger partial charge in [-0.2, -0.15) is 0 Å². The second-order valence-corrected chi connectivity index (χ2v) is 7.51. The van der Waals surface area contributed by atoms with Gasteiger partial charge in [0.2, 0.25) is 4.33 Å². The van der Waals surface area contributed by atoms with Crippen molar-refractivity contribution in [1.82, 2.24) is 4.90 Å². The van der Waals surface area contributed by atoms with E-state index in [9.17, 15) is 4.79 Å². The molecule has 2 heterocycles. The first kappa shape index (κ1) is 16.0. The summed E-state index contributed by atoms with van der Waals surface area (Å²) in [5.41, 5.74) is 0.880. The van der Waals surface area contributed by atoms with Crippen LogP contribution in [0.4, 0.5) is 0 Å². The molecule has 120 valence electrons. The molecule has 2 unspecified atom stereocenters. The van der Waals surface area contributed by atoms with E-state index >= 15 is 0 Å². The molecule has 4 nitrogen and oxygen atoms in total. The fourth-order valence-corrected chi connectivity index (χ4v) is 5.05.